The Morgan fingerprint density at radius 1 is 0.846 bits per heavy atom. The number of carbonyl (C=O) groups excluding carboxylic acids is 2. The van der Waals surface area contributed by atoms with Crippen LogP contribution in [0.3, 0.4) is 0 Å². The van der Waals surface area contributed by atoms with Crippen molar-refractivity contribution in [2.24, 2.45) is 17.8 Å². The minimum atomic E-state index is -0.314. The molecule has 0 unspecified atom stereocenters. The summed E-state index contributed by atoms with van der Waals surface area (Å²) in [5.74, 6) is 3.21. The molecule has 0 radical (unpaired) electrons. The van der Waals surface area contributed by atoms with E-state index in [1.54, 1.807) is 6.92 Å². The van der Waals surface area contributed by atoms with Gasteiger partial charge in [-0.1, -0.05) is 51.3 Å². The number of esters is 2. The summed E-state index contributed by atoms with van der Waals surface area (Å²) in [6.07, 6.45) is 18.1. The van der Waals surface area contributed by atoms with Crippen LogP contribution in [0.2, 0.25) is 0 Å². The van der Waals surface area contributed by atoms with Crippen molar-refractivity contribution < 1.29 is 23.8 Å². The van der Waals surface area contributed by atoms with Gasteiger partial charge in [0, 0.05) is 12.0 Å². The maximum atomic E-state index is 12.5. The molecule has 2 aliphatic rings. The van der Waals surface area contributed by atoms with E-state index in [9.17, 15) is 9.59 Å². The number of ether oxygens (including phenoxy) is 3. The van der Waals surface area contributed by atoms with Gasteiger partial charge in [-0.2, -0.15) is 0 Å². The summed E-state index contributed by atoms with van der Waals surface area (Å²) < 4.78 is 16.8. The van der Waals surface area contributed by atoms with E-state index in [1.807, 2.05) is 24.3 Å². The molecule has 3 rings (SSSR count). The van der Waals surface area contributed by atoms with Crippen LogP contribution in [-0.2, 0) is 25.5 Å². The zero-order chi connectivity index (χ0) is 27.9. The smallest absolute Gasteiger partial charge is 0.333 e. The van der Waals surface area contributed by atoms with Gasteiger partial charge in [0.05, 0.1) is 13.2 Å². The van der Waals surface area contributed by atoms with Crippen LogP contribution in [0.5, 0.6) is 5.75 Å². The molecule has 1 aromatic rings. The zero-order valence-electron chi connectivity index (χ0n) is 24.6. The van der Waals surface area contributed by atoms with Crippen LogP contribution in [0.25, 0.3) is 0 Å². The minimum Gasteiger partial charge on any atom is -0.494 e. The predicted molar refractivity (Wildman–Crippen MR) is 157 cm³/mol. The van der Waals surface area contributed by atoms with Crippen molar-refractivity contribution >= 4 is 11.9 Å². The first-order chi connectivity index (χ1) is 18.9. The number of hydrogen-bond acceptors (Lipinski definition) is 5. The monoisotopic (exact) mass is 540 g/mol. The van der Waals surface area contributed by atoms with Gasteiger partial charge in [-0.15, -0.1) is 0 Å². The second-order valence-electron chi connectivity index (χ2n) is 11.9. The first-order valence-electron chi connectivity index (χ1n) is 15.7. The molecule has 0 bridgehead atoms. The normalized spacial score (nSPS) is 23.1. The van der Waals surface area contributed by atoms with E-state index in [2.05, 4.69) is 13.5 Å². The summed E-state index contributed by atoms with van der Waals surface area (Å²) >= 11 is 0. The van der Waals surface area contributed by atoms with Crippen LogP contribution in [0.15, 0.2) is 36.4 Å². The number of rotatable bonds is 16. The maximum absolute atomic E-state index is 12.5. The zero-order valence-corrected chi connectivity index (χ0v) is 24.6. The SMILES string of the molecule is C=C(C)C(=O)OCCCCCCOc1ccc(CCC(=O)OC2CCC(C3CCC(CCC)CC3)CC2)cc1. The van der Waals surface area contributed by atoms with E-state index in [1.165, 1.54) is 51.4 Å². The Morgan fingerprint density at radius 2 is 1.46 bits per heavy atom. The Balaban J connectivity index is 1.21. The highest BCUT2D eigenvalue weighted by Crippen LogP contribution is 2.41. The van der Waals surface area contributed by atoms with Gasteiger partial charge in [0.2, 0.25) is 0 Å². The molecule has 218 valence electrons. The molecule has 0 amide bonds. The Morgan fingerprint density at radius 3 is 2.08 bits per heavy atom. The molecule has 0 atom stereocenters. The molecule has 1 aromatic carbocycles. The first-order valence-corrected chi connectivity index (χ1v) is 15.7. The molecule has 5 nitrogen and oxygen atoms in total. The molecule has 0 heterocycles. The van der Waals surface area contributed by atoms with Gasteiger partial charge >= 0.3 is 11.9 Å². The fourth-order valence-electron chi connectivity index (χ4n) is 6.31. The van der Waals surface area contributed by atoms with Crippen LogP contribution in [0.1, 0.15) is 116 Å². The van der Waals surface area contributed by atoms with Gasteiger partial charge < -0.3 is 14.2 Å². The fourth-order valence-corrected chi connectivity index (χ4v) is 6.31. The average molecular weight is 541 g/mol. The summed E-state index contributed by atoms with van der Waals surface area (Å²) in [6, 6.07) is 8.04. The molecule has 0 aliphatic heterocycles. The van der Waals surface area contributed by atoms with Crippen LogP contribution < -0.4 is 4.74 Å². The van der Waals surface area contributed by atoms with Gasteiger partial charge in [-0.05, 0) is 113 Å². The third kappa shape index (κ3) is 11.8. The molecule has 39 heavy (non-hydrogen) atoms. The first kappa shape index (κ1) is 31.2. The van der Waals surface area contributed by atoms with E-state index in [0.29, 0.717) is 31.6 Å². The summed E-state index contributed by atoms with van der Waals surface area (Å²) in [5, 5.41) is 0. The number of benzene rings is 1. The van der Waals surface area contributed by atoms with Crippen molar-refractivity contribution in [1.82, 2.24) is 0 Å². The largest absolute Gasteiger partial charge is 0.494 e. The molecular weight excluding hydrogens is 488 g/mol. The molecule has 0 aromatic heterocycles. The van der Waals surface area contributed by atoms with Crippen molar-refractivity contribution in [1.29, 1.82) is 0 Å². The molecule has 2 fully saturated rings. The third-order valence-electron chi connectivity index (χ3n) is 8.70. The summed E-state index contributed by atoms with van der Waals surface area (Å²) in [5.41, 5.74) is 1.57. The molecule has 2 aliphatic carbocycles. The lowest BCUT2D eigenvalue weighted by Gasteiger charge is -2.37. The van der Waals surface area contributed by atoms with E-state index < -0.39 is 0 Å². The lowest BCUT2D eigenvalue weighted by Crippen LogP contribution is -2.29. The lowest BCUT2D eigenvalue weighted by atomic mass is 9.70. The molecule has 2 saturated carbocycles. The Hall–Kier alpha value is -2.30. The highest BCUT2D eigenvalue weighted by atomic mass is 16.5. The number of aryl methyl sites for hydroxylation is 1. The van der Waals surface area contributed by atoms with Gasteiger partial charge in [-0.3, -0.25) is 4.79 Å². The topological polar surface area (TPSA) is 61.8 Å². The minimum absolute atomic E-state index is 0.0618. The fraction of sp³-hybridized carbons (Fsp3) is 0.706. The van der Waals surface area contributed by atoms with Gasteiger partial charge in [0.25, 0.3) is 0 Å². The van der Waals surface area contributed by atoms with Crippen LogP contribution >= 0.6 is 0 Å². The quantitative estimate of drug-likeness (QED) is 0.120. The molecule has 5 heteroatoms. The van der Waals surface area contributed by atoms with E-state index in [-0.39, 0.29) is 18.0 Å². The molecule has 0 spiro atoms. The van der Waals surface area contributed by atoms with Crippen molar-refractivity contribution in [3.63, 3.8) is 0 Å². The van der Waals surface area contributed by atoms with Crippen LogP contribution in [0.4, 0.5) is 0 Å². The van der Waals surface area contributed by atoms with Crippen molar-refractivity contribution in [2.75, 3.05) is 13.2 Å². The average Bonchev–Trinajstić information content (AvgIpc) is 2.95. The van der Waals surface area contributed by atoms with Gasteiger partial charge in [0.1, 0.15) is 11.9 Å². The Kier molecular flexibility index (Phi) is 13.9. The van der Waals surface area contributed by atoms with Crippen molar-refractivity contribution in [3.05, 3.63) is 42.0 Å². The molecule has 0 N–H and O–H groups in total. The Labute approximate surface area is 237 Å². The summed E-state index contributed by atoms with van der Waals surface area (Å²) in [7, 11) is 0. The van der Waals surface area contributed by atoms with Gasteiger partial charge in [0.15, 0.2) is 0 Å². The standard InChI is InChI=1S/C34H52O5/c1-4-9-27-10-15-29(16-11-27)30-17-21-32(22-18-30)39-33(35)23-14-28-12-19-31(20-13-28)37-24-7-5-6-8-25-38-34(36)26(2)3/h12-13,19-20,27,29-30,32H,2,4-11,14-18,21-25H2,1,3H3. The highest BCUT2D eigenvalue weighted by molar-refractivity contribution is 5.86. The van der Waals surface area contributed by atoms with Crippen LogP contribution in [0, 0.1) is 17.8 Å². The van der Waals surface area contributed by atoms with Crippen molar-refractivity contribution in [2.45, 2.75) is 123 Å². The number of hydrogen-bond donors (Lipinski definition) is 0. The molecule has 0 saturated heterocycles. The Bertz CT molecular complexity index is 860. The van der Waals surface area contributed by atoms with E-state index >= 15 is 0 Å². The predicted octanol–water partition coefficient (Wildman–Crippen LogP) is 8.39. The maximum Gasteiger partial charge on any atom is 0.333 e. The van der Waals surface area contributed by atoms with Gasteiger partial charge in [-0.25, -0.2) is 4.79 Å². The van der Waals surface area contributed by atoms with Crippen LogP contribution in [-0.4, -0.2) is 31.3 Å². The number of unbranched alkanes of at least 4 members (excludes halogenated alkanes) is 3. The summed E-state index contributed by atoms with van der Waals surface area (Å²) in [4.78, 5) is 23.8. The van der Waals surface area contributed by atoms with E-state index in [0.717, 1.165) is 67.6 Å². The molecular formula is C34H52O5. The third-order valence-corrected chi connectivity index (χ3v) is 8.70. The highest BCUT2D eigenvalue weighted by Gasteiger charge is 2.31. The van der Waals surface area contributed by atoms with Crippen molar-refractivity contribution in [3.8, 4) is 5.75 Å². The lowest BCUT2D eigenvalue weighted by molar-refractivity contribution is -0.151. The van der Waals surface area contributed by atoms with E-state index in [4.69, 9.17) is 14.2 Å². The second kappa shape index (κ2) is 17.4. The second-order valence-corrected chi connectivity index (χ2v) is 11.9. The number of carbonyl (C=O) groups is 2. The summed E-state index contributed by atoms with van der Waals surface area (Å²) in [6.45, 7) is 8.66.